The summed E-state index contributed by atoms with van der Waals surface area (Å²) in [7, 11) is 0. The van der Waals surface area contributed by atoms with Gasteiger partial charge < -0.3 is 15.0 Å². The van der Waals surface area contributed by atoms with Crippen LogP contribution in [0.2, 0.25) is 5.02 Å². The minimum absolute atomic E-state index is 0.0454. The van der Waals surface area contributed by atoms with Crippen LogP contribution >= 0.6 is 11.6 Å². The van der Waals surface area contributed by atoms with Gasteiger partial charge in [-0.15, -0.1) is 0 Å². The minimum Gasteiger partial charge on any atom is -0.370 e. The number of ether oxygens (including phenoxy) is 1. The first-order valence-corrected chi connectivity index (χ1v) is 9.45. The zero-order chi connectivity index (χ0) is 17.9. The van der Waals surface area contributed by atoms with E-state index in [-0.39, 0.29) is 17.6 Å². The molecule has 0 aromatic heterocycles. The number of morpholine rings is 1. The fraction of sp³-hybridized carbons (Fsp3) is 0.632. The average molecular weight is 366 g/mol. The summed E-state index contributed by atoms with van der Waals surface area (Å²) < 4.78 is 6.08. The molecular formula is C19H28ClN3O2. The Bertz CT molecular complexity index is 602. The van der Waals surface area contributed by atoms with Crippen molar-refractivity contribution in [3.63, 3.8) is 0 Å². The van der Waals surface area contributed by atoms with Gasteiger partial charge in [-0.2, -0.15) is 0 Å². The Morgan fingerprint density at radius 3 is 2.76 bits per heavy atom. The Kier molecular flexibility index (Phi) is 6.00. The van der Waals surface area contributed by atoms with Crippen LogP contribution < -0.4 is 5.32 Å². The van der Waals surface area contributed by atoms with E-state index >= 15 is 0 Å². The number of amides is 1. The van der Waals surface area contributed by atoms with E-state index < -0.39 is 0 Å². The highest BCUT2D eigenvalue weighted by Crippen LogP contribution is 2.33. The quantitative estimate of drug-likeness (QED) is 0.889. The zero-order valence-corrected chi connectivity index (χ0v) is 15.9. The van der Waals surface area contributed by atoms with Gasteiger partial charge >= 0.3 is 0 Å². The molecule has 138 valence electrons. The van der Waals surface area contributed by atoms with Crippen molar-refractivity contribution in [2.75, 3.05) is 45.9 Å². The number of carbonyl (C=O) groups is 1. The van der Waals surface area contributed by atoms with Crippen LogP contribution in [0.1, 0.15) is 31.9 Å². The van der Waals surface area contributed by atoms with Crippen LogP contribution in [-0.4, -0.2) is 67.1 Å². The highest BCUT2D eigenvalue weighted by atomic mass is 35.5. The second-order valence-electron chi connectivity index (χ2n) is 7.46. The number of rotatable bonds is 4. The summed E-state index contributed by atoms with van der Waals surface area (Å²) in [5.41, 5.74) is 0.944. The smallest absolute Gasteiger partial charge is 0.223 e. The van der Waals surface area contributed by atoms with E-state index in [2.05, 4.69) is 24.1 Å². The third-order valence-corrected chi connectivity index (χ3v) is 5.54. The third-order valence-electron chi connectivity index (χ3n) is 5.20. The topological polar surface area (TPSA) is 44.8 Å². The normalized spacial score (nSPS) is 24.3. The molecule has 0 spiro atoms. The van der Waals surface area contributed by atoms with E-state index in [9.17, 15) is 4.79 Å². The lowest BCUT2D eigenvalue weighted by atomic mass is 9.97. The Balaban J connectivity index is 1.62. The van der Waals surface area contributed by atoms with Gasteiger partial charge in [0.05, 0.1) is 12.7 Å². The Morgan fingerprint density at radius 1 is 1.32 bits per heavy atom. The Hall–Kier alpha value is -1.14. The van der Waals surface area contributed by atoms with Gasteiger partial charge in [0, 0.05) is 61.8 Å². The van der Waals surface area contributed by atoms with Crippen molar-refractivity contribution >= 4 is 17.5 Å². The molecule has 25 heavy (non-hydrogen) atoms. The monoisotopic (exact) mass is 365 g/mol. The van der Waals surface area contributed by atoms with E-state index in [1.54, 1.807) is 0 Å². The van der Waals surface area contributed by atoms with Crippen LogP contribution in [0.25, 0.3) is 0 Å². The first-order chi connectivity index (χ1) is 12.0. The van der Waals surface area contributed by atoms with Crippen LogP contribution in [0.4, 0.5) is 0 Å². The molecule has 0 saturated carbocycles. The molecule has 2 fully saturated rings. The number of piperazine rings is 1. The molecule has 1 N–H and O–H groups in total. The summed E-state index contributed by atoms with van der Waals surface area (Å²) in [6.45, 7) is 9.89. The molecule has 6 heteroatoms. The highest BCUT2D eigenvalue weighted by molar-refractivity contribution is 6.31. The lowest BCUT2D eigenvalue weighted by Gasteiger charge is -2.45. The van der Waals surface area contributed by atoms with Gasteiger partial charge in [-0.25, -0.2) is 0 Å². The van der Waals surface area contributed by atoms with Crippen molar-refractivity contribution in [2.24, 2.45) is 0 Å². The number of benzene rings is 1. The van der Waals surface area contributed by atoms with Crippen molar-refractivity contribution < 1.29 is 9.53 Å². The summed E-state index contributed by atoms with van der Waals surface area (Å²) in [6, 6.07) is 7.85. The molecule has 1 amide bonds. The molecule has 1 aromatic carbocycles. The predicted octanol–water partition coefficient (Wildman–Crippen LogP) is 2.31. The van der Waals surface area contributed by atoms with Crippen LogP contribution in [0.15, 0.2) is 24.3 Å². The maximum atomic E-state index is 12.5. The molecular weight excluding hydrogens is 338 g/mol. The molecule has 1 unspecified atom stereocenters. The molecule has 1 atom stereocenters. The SMILES string of the molecule is CC1(C)COC(c2ccccc2Cl)CN1CCC(=O)N1CCNCC1. The molecule has 2 heterocycles. The van der Waals surface area contributed by atoms with E-state index in [4.69, 9.17) is 16.3 Å². The standard InChI is InChI=1S/C19H28ClN3O2/c1-19(2)14-25-17(15-5-3-4-6-16(15)20)13-23(19)10-7-18(24)22-11-8-21-9-12-22/h3-6,17,21H,7-14H2,1-2H3. The molecule has 5 nitrogen and oxygen atoms in total. The van der Waals surface area contributed by atoms with Crippen molar-refractivity contribution in [2.45, 2.75) is 31.9 Å². The van der Waals surface area contributed by atoms with E-state index in [1.807, 2.05) is 29.2 Å². The molecule has 0 bridgehead atoms. The summed E-state index contributed by atoms with van der Waals surface area (Å²) in [5.74, 6) is 0.248. The number of nitrogens with one attached hydrogen (secondary N) is 1. The zero-order valence-electron chi connectivity index (χ0n) is 15.1. The lowest BCUT2D eigenvalue weighted by Crippen LogP contribution is -2.55. The Morgan fingerprint density at radius 2 is 2.04 bits per heavy atom. The van der Waals surface area contributed by atoms with E-state index in [0.29, 0.717) is 13.0 Å². The summed E-state index contributed by atoms with van der Waals surface area (Å²) >= 11 is 6.34. The molecule has 2 saturated heterocycles. The van der Waals surface area contributed by atoms with Crippen LogP contribution in [-0.2, 0) is 9.53 Å². The van der Waals surface area contributed by atoms with Gasteiger partial charge in [0.15, 0.2) is 0 Å². The molecule has 2 aliphatic heterocycles. The maximum absolute atomic E-state index is 12.5. The second-order valence-corrected chi connectivity index (χ2v) is 7.87. The summed E-state index contributed by atoms with van der Waals surface area (Å²) in [6.07, 6.45) is 0.509. The molecule has 1 aromatic rings. The first kappa shape index (κ1) is 18.6. The van der Waals surface area contributed by atoms with Gasteiger partial charge in [-0.3, -0.25) is 9.69 Å². The fourth-order valence-electron chi connectivity index (χ4n) is 3.52. The fourth-order valence-corrected chi connectivity index (χ4v) is 3.77. The van der Waals surface area contributed by atoms with Crippen LogP contribution in [0, 0.1) is 0 Å². The molecule has 0 aliphatic carbocycles. The predicted molar refractivity (Wildman–Crippen MR) is 99.9 cm³/mol. The van der Waals surface area contributed by atoms with Crippen molar-refractivity contribution in [1.29, 1.82) is 0 Å². The van der Waals surface area contributed by atoms with Crippen LogP contribution in [0.5, 0.6) is 0 Å². The average Bonchev–Trinajstić information content (AvgIpc) is 2.62. The van der Waals surface area contributed by atoms with E-state index in [0.717, 1.165) is 49.9 Å². The highest BCUT2D eigenvalue weighted by Gasteiger charge is 2.36. The number of nitrogens with zero attached hydrogens (tertiary/aromatic N) is 2. The van der Waals surface area contributed by atoms with Gasteiger partial charge in [0.2, 0.25) is 5.91 Å². The molecule has 0 radical (unpaired) electrons. The lowest BCUT2D eigenvalue weighted by molar-refractivity contribution is -0.135. The maximum Gasteiger partial charge on any atom is 0.223 e. The van der Waals surface area contributed by atoms with Crippen LogP contribution in [0.3, 0.4) is 0 Å². The number of hydrogen-bond acceptors (Lipinski definition) is 4. The number of halogens is 1. The van der Waals surface area contributed by atoms with E-state index in [1.165, 1.54) is 0 Å². The van der Waals surface area contributed by atoms with Crippen molar-refractivity contribution in [3.05, 3.63) is 34.9 Å². The van der Waals surface area contributed by atoms with Gasteiger partial charge in [-0.05, 0) is 19.9 Å². The third kappa shape index (κ3) is 4.53. The minimum atomic E-state index is -0.0819. The summed E-state index contributed by atoms with van der Waals surface area (Å²) in [5, 5.41) is 4.02. The molecule has 3 rings (SSSR count). The number of carbonyl (C=O) groups excluding carboxylic acids is 1. The van der Waals surface area contributed by atoms with Crippen molar-refractivity contribution in [3.8, 4) is 0 Å². The van der Waals surface area contributed by atoms with Crippen molar-refractivity contribution in [1.82, 2.24) is 15.1 Å². The van der Waals surface area contributed by atoms with Gasteiger partial charge in [0.1, 0.15) is 0 Å². The first-order valence-electron chi connectivity index (χ1n) is 9.07. The van der Waals surface area contributed by atoms with Gasteiger partial charge in [0.25, 0.3) is 0 Å². The Labute approximate surface area is 155 Å². The van der Waals surface area contributed by atoms with Gasteiger partial charge in [-0.1, -0.05) is 29.8 Å². The largest absolute Gasteiger partial charge is 0.370 e. The summed E-state index contributed by atoms with van der Waals surface area (Å²) in [4.78, 5) is 16.8. The second kappa shape index (κ2) is 8.04. The number of hydrogen-bond donors (Lipinski definition) is 1. The molecule has 2 aliphatic rings.